The van der Waals surface area contributed by atoms with Crippen molar-refractivity contribution in [2.24, 2.45) is 4.99 Å². The molecule has 1 fully saturated rings. The van der Waals surface area contributed by atoms with Crippen LogP contribution in [0.25, 0.3) is 0 Å². The van der Waals surface area contributed by atoms with Crippen molar-refractivity contribution in [1.29, 1.82) is 0 Å². The molecule has 2 N–H and O–H groups in total. The molecule has 2 rings (SSSR count). The highest BCUT2D eigenvalue weighted by molar-refractivity contribution is 5.79. The third-order valence-corrected chi connectivity index (χ3v) is 4.21. The van der Waals surface area contributed by atoms with E-state index >= 15 is 0 Å². The van der Waals surface area contributed by atoms with Crippen LogP contribution in [0.1, 0.15) is 18.4 Å². The minimum absolute atomic E-state index is 0.0807. The maximum Gasteiger partial charge on any atom is 0.190 e. The highest BCUT2D eigenvalue weighted by Crippen LogP contribution is 2.35. The van der Waals surface area contributed by atoms with Gasteiger partial charge in [-0.05, 0) is 30.5 Å². The molecule has 116 valence electrons. The number of hydrogen-bond acceptors (Lipinski definition) is 3. The molecule has 0 amide bonds. The zero-order valence-electron chi connectivity index (χ0n) is 13.1. The van der Waals surface area contributed by atoms with Crippen molar-refractivity contribution in [1.82, 2.24) is 10.6 Å². The highest BCUT2D eigenvalue weighted by Gasteiger charge is 2.34. The summed E-state index contributed by atoms with van der Waals surface area (Å²) in [6.45, 7) is 2.44. The number of nitrogens with zero attached hydrogens (tertiary/aromatic N) is 1. The van der Waals surface area contributed by atoms with Crippen molar-refractivity contribution in [3.8, 4) is 5.75 Å². The van der Waals surface area contributed by atoms with E-state index in [1.807, 2.05) is 19.2 Å². The first-order valence-electron chi connectivity index (χ1n) is 7.35. The lowest BCUT2D eigenvalue weighted by Crippen LogP contribution is -2.47. The summed E-state index contributed by atoms with van der Waals surface area (Å²) in [5.41, 5.74) is 1.41. The van der Waals surface area contributed by atoms with Gasteiger partial charge in [-0.2, -0.15) is 0 Å². The predicted molar refractivity (Wildman–Crippen MR) is 85.1 cm³/mol. The van der Waals surface area contributed by atoms with Crippen LogP contribution in [0.3, 0.4) is 0 Å². The Kier molecular flexibility index (Phi) is 5.44. The number of rotatable bonds is 4. The predicted octanol–water partition coefficient (Wildman–Crippen LogP) is 1.54. The van der Waals surface area contributed by atoms with Crippen LogP contribution in [0.5, 0.6) is 5.75 Å². The van der Waals surface area contributed by atoms with Gasteiger partial charge in [0.05, 0.1) is 7.11 Å². The summed E-state index contributed by atoms with van der Waals surface area (Å²) < 4.78 is 10.8. The van der Waals surface area contributed by atoms with Crippen molar-refractivity contribution in [3.05, 3.63) is 29.8 Å². The van der Waals surface area contributed by atoms with Gasteiger partial charge < -0.3 is 20.1 Å². The maximum atomic E-state index is 5.55. The Morgan fingerprint density at radius 1 is 1.29 bits per heavy atom. The molecule has 0 aliphatic carbocycles. The Labute approximate surface area is 126 Å². The summed E-state index contributed by atoms with van der Waals surface area (Å²) in [5, 5.41) is 6.47. The first-order chi connectivity index (χ1) is 10.2. The summed E-state index contributed by atoms with van der Waals surface area (Å²) in [6, 6.07) is 8.38. The third kappa shape index (κ3) is 3.67. The smallest absolute Gasteiger partial charge is 0.190 e. The molecule has 0 unspecified atom stereocenters. The fourth-order valence-corrected chi connectivity index (χ4v) is 2.81. The molecule has 0 spiro atoms. The summed E-state index contributed by atoms with van der Waals surface area (Å²) in [5.74, 6) is 1.70. The fourth-order valence-electron chi connectivity index (χ4n) is 2.81. The molecule has 1 aromatic rings. The van der Waals surface area contributed by atoms with E-state index in [9.17, 15) is 0 Å². The minimum Gasteiger partial charge on any atom is -0.497 e. The van der Waals surface area contributed by atoms with Crippen LogP contribution >= 0.6 is 0 Å². The second-order valence-corrected chi connectivity index (χ2v) is 5.30. The van der Waals surface area contributed by atoms with Crippen LogP contribution in [0.15, 0.2) is 29.3 Å². The highest BCUT2D eigenvalue weighted by atomic mass is 16.5. The summed E-state index contributed by atoms with van der Waals surface area (Å²) in [6.07, 6.45) is 2.01. The Hall–Kier alpha value is -1.75. The molecule has 1 heterocycles. The molecular formula is C16H25N3O2. The van der Waals surface area contributed by atoms with Crippen LogP contribution in [0.4, 0.5) is 0 Å². The molecule has 0 atom stereocenters. The molecule has 5 heteroatoms. The van der Waals surface area contributed by atoms with Gasteiger partial charge in [-0.3, -0.25) is 4.99 Å². The molecule has 1 aliphatic rings. The van der Waals surface area contributed by atoms with E-state index in [1.165, 1.54) is 5.56 Å². The molecule has 0 bridgehead atoms. The third-order valence-electron chi connectivity index (χ3n) is 4.21. The van der Waals surface area contributed by atoms with E-state index in [4.69, 9.17) is 9.47 Å². The zero-order valence-corrected chi connectivity index (χ0v) is 13.1. The van der Waals surface area contributed by atoms with Gasteiger partial charge in [-0.25, -0.2) is 0 Å². The fraction of sp³-hybridized carbons (Fsp3) is 0.562. The minimum atomic E-state index is 0.0807. The van der Waals surface area contributed by atoms with Crippen LogP contribution in [-0.2, 0) is 10.2 Å². The topological polar surface area (TPSA) is 54.9 Å². The molecule has 1 aliphatic heterocycles. The monoisotopic (exact) mass is 291 g/mol. The van der Waals surface area contributed by atoms with E-state index in [-0.39, 0.29) is 5.41 Å². The molecule has 21 heavy (non-hydrogen) atoms. The van der Waals surface area contributed by atoms with Gasteiger partial charge in [0.2, 0.25) is 0 Å². The van der Waals surface area contributed by atoms with E-state index < -0.39 is 0 Å². The van der Waals surface area contributed by atoms with Gasteiger partial charge in [-0.1, -0.05) is 12.1 Å². The van der Waals surface area contributed by atoms with Crippen molar-refractivity contribution in [2.45, 2.75) is 18.3 Å². The molecule has 0 radical (unpaired) electrons. The van der Waals surface area contributed by atoms with Gasteiger partial charge in [0.1, 0.15) is 5.75 Å². The molecule has 1 aromatic carbocycles. The zero-order chi connectivity index (χ0) is 15.1. The standard InChI is InChI=1S/C16H25N3O2/c1-17-15(18-2)19-12-16(8-10-21-11-9-16)13-4-6-14(20-3)7-5-13/h4-7H,8-12H2,1-3H3,(H2,17,18,19). The molecular weight excluding hydrogens is 266 g/mol. The molecule has 5 nitrogen and oxygen atoms in total. The first kappa shape index (κ1) is 15.6. The summed E-state index contributed by atoms with van der Waals surface area (Å²) in [7, 11) is 5.35. The first-order valence-corrected chi connectivity index (χ1v) is 7.35. The van der Waals surface area contributed by atoms with Crippen molar-refractivity contribution in [2.75, 3.05) is 41.0 Å². The Morgan fingerprint density at radius 3 is 2.48 bits per heavy atom. The van der Waals surface area contributed by atoms with Crippen molar-refractivity contribution >= 4 is 5.96 Å². The van der Waals surface area contributed by atoms with Crippen molar-refractivity contribution < 1.29 is 9.47 Å². The SMILES string of the molecule is CN=C(NC)NCC1(c2ccc(OC)cc2)CCOCC1. The lowest BCUT2D eigenvalue weighted by atomic mass is 9.74. The van der Waals surface area contributed by atoms with Gasteiger partial charge in [0.15, 0.2) is 5.96 Å². The van der Waals surface area contributed by atoms with E-state index in [0.29, 0.717) is 0 Å². The number of benzene rings is 1. The van der Waals surface area contributed by atoms with E-state index in [0.717, 1.165) is 44.3 Å². The average molecular weight is 291 g/mol. The molecule has 0 saturated carbocycles. The van der Waals surface area contributed by atoms with Gasteiger partial charge >= 0.3 is 0 Å². The van der Waals surface area contributed by atoms with Gasteiger partial charge in [0, 0.05) is 39.3 Å². The van der Waals surface area contributed by atoms with Crippen LogP contribution in [-0.4, -0.2) is 46.9 Å². The Bertz CT molecular complexity index is 465. The maximum absolute atomic E-state index is 5.55. The Balaban J connectivity index is 2.19. The Morgan fingerprint density at radius 2 is 1.95 bits per heavy atom. The number of nitrogens with one attached hydrogen (secondary N) is 2. The molecule has 0 aromatic heterocycles. The summed E-state index contributed by atoms with van der Waals surface area (Å²) >= 11 is 0. The second kappa shape index (κ2) is 7.31. The normalized spacial score (nSPS) is 18.1. The lowest BCUT2D eigenvalue weighted by Gasteiger charge is -2.38. The van der Waals surface area contributed by atoms with Crippen LogP contribution in [0.2, 0.25) is 0 Å². The van der Waals surface area contributed by atoms with Gasteiger partial charge in [-0.15, -0.1) is 0 Å². The van der Waals surface area contributed by atoms with E-state index in [1.54, 1.807) is 14.2 Å². The number of hydrogen-bond donors (Lipinski definition) is 2. The van der Waals surface area contributed by atoms with Crippen molar-refractivity contribution in [3.63, 3.8) is 0 Å². The summed E-state index contributed by atoms with van der Waals surface area (Å²) in [4.78, 5) is 4.19. The molecule has 1 saturated heterocycles. The number of ether oxygens (including phenoxy) is 2. The largest absolute Gasteiger partial charge is 0.497 e. The average Bonchev–Trinajstić information content (AvgIpc) is 2.57. The number of aliphatic imine (C=N–C) groups is 1. The number of methoxy groups -OCH3 is 1. The lowest BCUT2D eigenvalue weighted by molar-refractivity contribution is 0.0514. The quantitative estimate of drug-likeness (QED) is 0.652. The van der Waals surface area contributed by atoms with E-state index in [2.05, 4.69) is 27.8 Å². The number of guanidine groups is 1. The van der Waals surface area contributed by atoms with Crippen LogP contribution in [0, 0.1) is 0 Å². The van der Waals surface area contributed by atoms with Crippen LogP contribution < -0.4 is 15.4 Å². The second-order valence-electron chi connectivity index (χ2n) is 5.30. The van der Waals surface area contributed by atoms with Gasteiger partial charge in [0.25, 0.3) is 0 Å².